The maximum absolute atomic E-state index is 6.94. The fraction of sp³-hybridized carbons (Fsp3) is 0.0169. The SMILES string of the molecule is B1c2cccc3c2N(c2ccccc2C32c3ccccc3-c3ccccc32)c2cc3oc4ccccc4c3c(-c3cc4ccccc4cc3Nc3ccc(-c4ccccc4)cc3)c21. The first-order valence-electron chi connectivity index (χ1n) is 21.9. The lowest BCUT2D eigenvalue weighted by Gasteiger charge is -2.48. The van der Waals surface area contributed by atoms with Gasteiger partial charge in [0.25, 0.3) is 0 Å². The van der Waals surface area contributed by atoms with Crippen molar-refractivity contribution in [3.63, 3.8) is 0 Å². The Hall–Kier alpha value is -8.08. The second-order valence-corrected chi connectivity index (χ2v) is 17.2. The van der Waals surface area contributed by atoms with E-state index in [1.165, 1.54) is 83.1 Å². The summed E-state index contributed by atoms with van der Waals surface area (Å²) >= 11 is 0. The second kappa shape index (κ2) is 13.0. The van der Waals surface area contributed by atoms with Gasteiger partial charge >= 0.3 is 0 Å². The highest BCUT2D eigenvalue weighted by molar-refractivity contribution is 6.74. The van der Waals surface area contributed by atoms with Crippen LogP contribution in [0.25, 0.3) is 66.1 Å². The highest BCUT2D eigenvalue weighted by atomic mass is 16.3. The first-order chi connectivity index (χ1) is 31.2. The molecular formula is C59H37BN2O. The van der Waals surface area contributed by atoms with Crippen LogP contribution in [0.1, 0.15) is 22.3 Å². The van der Waals surface area contributed by atoms with Gasteiger partial charge in [-0.15, -0.1) is 0 Å². The minimum atomic E-state index is -0.471. The van der Waals surface area contributed by atoms with E-state index in [0.29, 0.717) is 0 Å². The Labute approximate surface area is 365 Å². The lowest BCUT2D eigenvalue weighted by Crippen LogP contribution is -2.47. The van der Waals surface area contributed by atoms with E-state index < -0.39 is 5.41 Å². The van der Waals surface area contributed by atoms with Gasteiger partial charge in [0, 0.05) is 45.2 Å². The van der Waals surface area contributed by atoms with Gasteiger partial charge in [-0.2, -0.15) is 0 Å². The Balaban J connectivity index is 1.05. The van der Waals surface area contributed by atoms with Crippen molar-refractivity contribution in [3.8, 4) is 33.4 Å². The number of hydrogen-bond acceptors (Lipinski definition) is 3. The third-order valence-corrected chi connectivity index (χ3v) is 14.0. The molecule has 2 aliphatic heterocycles. The summed E-state index contributed by atoms with van der Waals surface area (Å²) in [5.74, 6) is 0. The maximum atomic E-state index is 6.94. The van der Waals surface area contributed by atoms with E-state index in [0.717, 1.165) is 51.8 Å². The van der Waals surface area contributed by atoms with Gasteiger partial charge in [-0.1, -0.05) is 175 Å². The van der Waals surface area contributed by atoms with E-state index in [9.17, 15) is 0 Å². The number of benzene rings is 10. The van der Waals surface area contributed by atoms with Gasteiger partial charge in [-0.25, -0.2) is 0 Å². The Morgan fingerprint density at radius 1 is 0.460 bits per heavy atom. The van der Waals surface area contributed by atoms with Crippen molar-refractivity contribution in [2.45, 2.75) is 5.41 Å². The third kappa shape index (κ3) is 4.75. The summed E-state index contributed by atoms with van der Waals surface area (Å²) in [5.41, 5.74) is 22.3. The molecule has 0 radical (unpaired) electrons. The summed E-state index contributed by atoms with van der Waals surface area (Å²) < 4.78 is 6.94. The average Bonchev–Trinajstić information content (AvgIpc) is 3.86. The van der Waals surface area contributed by atoms with Crippen LogP contribution < -0.4 is 21.1 Å². The molecule has 1 aromatic heterocycles. The number of anilines is 5. The van der Waals surface area contributed by atoms with Crippen molar-refractivity contribution in [1.29, 1.82) is 0 Å². The molecular weight excluding hydrogens is 763 g/mol. The molecule has 0 atom stereocenters. The molecule has 3 aliphatic rings. The second-order valence-electron chi connectivity index (χ2n) is 17.2. The van der Waals surface area contributed by atoms with Gasteiger partial charge in [0.2, 0.25) is 0 Å². The third-order valence-electron chi connectivity index (χ3n) is 14.0. The van der Waals surface area contributed by atoms with Crippen molar-refractivity contribution in [3.05, 3.63) is 235 Å². The van der Waals surface area contributed by atoms with Gasteiger partial charge in [-0.05, 0) is 103 Å². The number of nitrogens with one attached hydrogen (secondary N) is 1. The van der Waals surface area contributed by atoms with Gasteiger partial charge in [-0.3, -0.25) is 0 Å². The van der Waals surface area contributed by atoms with Crippen LogP contribution in [-0.4, -0.2) is 7.28 Å². The van der Waals surface area contributed by atoms with E-state index in [4.69, 9.17) is 4.42 Å². The quantitative estimate of drug-likeness (QED) is 0.180. The Kier molecular flexibility index (Phi) is 7.13. The Morgan fingerprint density at radius 2 is 1.10 bits per heavy atom. The molecule has 0 saturated carbocycles. The van der Waals surface area contributed by atoms with Crippen LogP contribution >= 0.6 is 0 Å². The number of para-hydroxylation sites is 3. The average molecular weight is 801 g/mol. The zero-order valence-corrected chi connectivity index (χ0v) is 34.3. The summed E-state index contributed by atoms with van der Waals surface area (Å²) in [5, 5.41) is 8.58. The minimum absolute atomic E-state index is 0.471. The van der Waals surface area contributed by atoms with Gasteiger partial charge in [0.1, 0.15) is 11.2 Å². The van der Waals surface area contributed by atoms with E-state index in [-0.39, 0.29) is 0 Å². The molecule has 0 bridgehead atoms. The molecule has 10 aromatic carbocycles. The molecule has 14 rings (SSSR count). The van der Waals surface area contributed by atoms with Crippen LogP contribution in [-0.2, 0) is 5.41 Å². The molecule has 3 nitrogen and oxygen atoms in total. The van der Waals surface area contributed by atoms with Crippen molar-refractivity contribution in [1.82, 2.24) is 0 Å². The highest BCUT2D eigenvalue weighted by Gasteiger charge is 2.53. The fourth-order valence-electron chi connectivity index (χ4n) is 11.5. The number of nitrogens with zero attached hydrogens (tertiary/aromatic N) is 1. The molecule has 11 aromatic rings. The first-order valence-corrected chi connectivity index (χ1v) is 21.9. The summed E-state index contributed by atoms with van der Waals surface area (Å²) in [6.07, 6.45) is 0. The molecule has 292 valence electrons. The van der Waals surface area contributed by atoms with E-state index in [2.05, 4.69) is 223 Å². The van der Waals surface area contributed by atoms with Crippen molar-refractivity contribution in [2.75, 3.05) is 10.2 Å². The fourth-order valence-corrected chi connectivity index (χ4v) is 11.5. The van der Waals surface area contributed by atoms with Gasteiger partial charge in [0.05, 0.1) is 11.1 Å². The van der Waals surface area contributed by atoms with Crippen LogP contribution in [0, 0.1) is 0 Å². The van der Waals surface area contributed by atoms with Crippen LogP contribution in [0.3, 0.4) is 0 Å². The lowest BCUT2D eigenvalue weighted by atomic mass is 9.54. The van der Waals surface area contributed by atoms with Crippen LogP contribution in [0.2, 0.25) is 0 Å². The predicted molar refractivity (Wildman–Crippen MR) is 264 cm³/mol. The van der Waals surface area contributed by atoms with Crippen molar-refractivity contribution >= 4 is 79.4 Å². The normalized spacial score (nSPS) is 13.6. The predicted octanol–water partition coefficient (Wildman–Crippen LogP) is 13.7. The highest BCUT2D eigenvalue weighted by Crippen LogP contribution is 2.63. The molecule has 4 heteroatoms. The Morgan fingerprint density at radius 3 is 1.89 bits per heavy atom. The standard InChI is InChI=1S/C59H37BN2O/c1-2-15-36(16-3-1)37-29-31-40(32-30-37)61-50-34-39-18-5-4-17-38(39)33-44(50)56-55-43-21-8-13-28-53(43)63-54(55)35-52-57(56)60-49-26-14-25-48-58(49)62(52)51-27-12-11-24-47(51)59(48)45-22-9-6-19-41(45)42-20-7-10-23-46(42)59/h1-35,60-61H. The minimum Gasteiger partial charge on any atom is -0.456 e. The molecule has 1 N–H and O–H groups in total. The van der Waals surface area contributed by atoms with Crippen LogP contribution in [0.5, 0.6) is 0 Å². The number of hydrogen-bond donors (Lipinski definition) is 1. The summed E-state index contributed by atoms with van der Waals surface area (Å²) in [6, 6.07) is 78.0. The van der Waals surface area contributed by atoms with Gasteiger partial charge in [0.15, 0.2) is 7.28 Å². The van der Waals surface area contributed by atoms with E-state index in [1.54, 1.807) is 0 Å². The lowest BCUT2D eigenvalue weighted by molar-refractivity contribution is 0.669. The summed E-state index contributed by atoms with van der Waals surface area (Å²) in [7, 11) is 0.763. The van der Waals surface area contributed by atoms with Crippen molar-refractivity contribution in [2.24, 2.45) is 0 Å². The molecule has 0 amide bonds. The monoisotopic (exact) mass is 800 g/mol. The zero-order valence-electron chi connectivity index (χ0n) is 34.3. The number of furan rings is 1. The smallest absolute Gasteiger partial charge is 0.198 e. The molecule has 63 heavy (non-hydrogen) atoms. The van der Waals surface area contributed by atoms with Crippen molar-refractivity contribution < 1.29 is 4.42 Å². The number of rotatable bonds is 4. The molecule has 0 fully saturated rings. The molecule has 0 unspecified atom stereocenters. The molecule has 0 saturated heterocycles. The Bertz CT molecular complexity index is 3650. The van der Waals surface area contributed by atoms with Gasteiger partial charge < -0.3 is 14.6 Å². The number of fused-ring (bicyclic) bond motifs is 15. The topological polar surface area (TPSA) is 28.4 Å². The molecule has 3 heterocycles. The summed E-state index contributed by atoms with van der Waals surface area (Å²) in [4.78, 5) is 2.57. The first kappa shape index (κ1) is 34.6. The van der Waals surface area contributed by atoms with E-state index >= 15 is 0 Å². The maximum Gasteiger partial charge on any atom is 0.198 e. The van der Waals surface area contributed by atoms with Crippen LogP contribution in [0.15, 0.2) is 217 Å². The molecule has 1 aliphatic carbocycles. The molecule has 1 spiro atoms. The largest absolute Gasteiger partial charge is 0.456 e. The van der Waals surface area contributed by atoms with E-state index in [1.807, 2.05) is 0 Å². The zero-order chi connectivity index (χ0) is 41.2. The summed E-state index contributed by atoms with van der Waals surface area (Å²) in [6.45, 7) is 0. The van der Waals surface area contributed by atoms with Crippen LogP contribution in [0.4, 0.5) is 28.4 Å².